The van der Waals surface area contributed by atoms with Gasteiger partial charge in [0.1, 0.15) is 3.70 Å². The van der Waals surface area contributed by atoms with Gasteiger partial charge in [0.15, 0.2) is 0 Å². The van der Waals surface area contributed by atoms with Gasteiger partial charge < -0.3 is 0 Å². The zero-order chi connectivity index (χ0) is 13.3. The Bertz CT molecular complexity index is 567. The molecule has 0 N–H and O–H groups in total. The third kappa shape index (κ3) is 3.14. The molecule has 0 bridgehead atoms. The summed E-state index contributed by atoms with van der Waals surface area (Å²) in [4.78, 5) is 4.09. The first-order chi connectivity index (χ1) is 8.36. The van der Waals surface area contributed by atoms with E-state index in [2.05, 4.69) is 4.98 Å². The number of aromatic nitrogens is 1. The first kappa shape index (κ1) is 13.6. The summed E-state index contributed by atoms with van der Waals surface area (Å²) < 4.78 is 38.3. The standard InChI is InChI=1S/C12H6ClF3IN/c13-9-3-1-7(2-4-9)10-5-8(12(14,15)16)6-11(17)18-10/h1-6H. The molecule has 0 aliphatic carbocycles. The normalized spacial score (nSPS) is 11.6. The van der Waals surface area contributed by atoms with Gasteiger partial charge in [0.2, 0.25) is 0 Å². The molecule has 0 aliphatic heterocycles. The molecular formula is C12H6ClF3IN. The van der Waals surface area contributed by atoms with Crippen LogP contribution in [-0.4, -0.2) is 4.98 Å². The van der Waals surface area contributed by atoms with Crippen LogP contribution in [0, 0.1) is 3.70 Å². The van der Waals surface area contributed by atoms with Crippen LogP contribution in [0.4, 0.5) is 13.2 Å². The van der Waals surface area contributed by atoms with Crippen molar-refractivity contribution in [2.24, 2.45) is 0 Å². The Hall–Kier alpha value is -0.820. The average molecular weight is 384 g/mol. The third-order valence-electron chi connectivity index (χ3n) is 2.26. The quantitative estimate of drug-likeness (QED) is 0.497. The van der Waals surface area contributed by atoms with Crippen molar-refractivity contribution in [1.29, 1.82) is 0 Å². The topological polar surface area (TPSA) is 12.9 Å². The summed E-state index contributed by atoms with van der Waals surface area (Å²) in [6.07, 6.45) is -4.37. The Morgan fingerprint density at radius 3 is 2.22 bits per heavy atom. The molecule has 0 saturated heterocycles. The maximum Gasteiger partial charge on any atom is 0.416 e. The van der Waals surface area contributed by atoms with Crippen LogP contribution in [0.1, 0.15) is 5.56 Å². The van der Waals surface area contributed by atoms with Crippen LogP contribution in [0.25, 0.3) is 11.3 Å². The second-order valence-electron chi connectivity index (χ2n) is 3.57. The summed E-state index contributed by atoms with van der Waals surface area (Å²) in [5.41, 5.74) is 0.182. The first-order valence-electron chi connectivity index (χ1n) is 4.87. The molecule has 0 aliphatic rings. The molecule has 1 aromatic carbocycles. The van der Waals surface area contributed by atoms with Crippen molar-refractivity contribution in [3.8, 4) is 11.3 Å². The van der Waals surface area contributed by atoms with Crippen molar-refractivity contribution in [3.05, 3.63) is 50.7 Å². The van der Waals surface area contributed by atoms with Crippen LogP contribution in [0.2, 0.25) is 5.02 Å². The highest BCUT2D eigenvalue weighted by Crippen LogP contribution is 2.32. The zero-order valence-electron chi connectivity index (χ0n) is 8.80. The van der Waals surface area contributed by atoms with Crippen LogP contribution in [-0.2, 0) is 6.18 Å². The molecule has 0 atom stereocenters. The largest absolute Gasteiger partial charge is 0.416 e. The van der Waals surface area contributed by atoms with Crippen LogP contribution in [0.15, 0.2) is 36.4 Å². The molecule has 2 aromatic rings. The van der Waals surface area contributed by atoms with E-state index in [-0.39, 0.29) is 5.69 Å². The number of pyridine rings is 1. The van der Waals surface area contributed by atoms with Gasteiger partial charge in [-0.3, -0.25) is 0 Å². The van der Waals surface area contributed by atoms with Gasteiger partial charge in [0, 0.05) is 10.6 Å². The van der Waals surface area contributed by atoms with Gasteiger partial charge in [-0.05, 0) is 46.9 Å². The minimum Gasteiger partial charge on any atom is -0.242 e. The molecule has 1 aromatic heterocycles. The highest BCUT2D eigenvalue weighted by atomic mass is 127. The van der Waals surface area contributed by atoms with E-state index in [1.54, 1.807) is 46.9 Å². The van der Waals surface area contributed by atoms with Gasteiger partial charge in [-0.1, -0.05) is 23.7 Å². The van der Waals surface area contributed by atoms with Crippen molar-refractivity contribution in [2.75, 3.05) is 0 Å². The Kier molecular flexibility index (Phi) is 3.82. The summed E-state index contributed by atoms with van der Waals surface area (Å²) in [6, 6.07) is 8.56. The number of rotatable bonds is 1. The lowest BCUT2D eigenvalue weighted by Gasteiger charge is -2.09. The van der Waals surface area contributed by atoms with E-state index < -0.39 is 11.7 Å². The maximum absolute atomic E-state index is 12.7. The van der Waals surface area contributed by atoms with E-state index in [4.69, 9.17) is 11.6 Å². The summed E-state index contributed by atoms with van der Waals surface area (Å²) in [5, 5.41) is 0.528. The molecule has 0 fully saturated rings. The number of alkyl halides is 3. The van der Waals surface area contributed by atoms with Crippen molar-refractivity contribution in [3.63, 3.8) is 0 Å². The molecule has 18 heavy (non-hydrogen) atoms. The lowest BCUT2D eigenvalue weighted by molar-refractivity contribution is -0.137. The molecule has 94 valence electrons. The smallest absolute Gasteiger partial charge is 0.242 e. The fourth-order valence-electron chi connectivity index (χ4n) is 1.43. The number of benzene rings is 1. The molecule has 6 heteroatoms. The van der Waals surface area contributed by atoms with Crippen molar-refractivity contribution in [2.45, 2.75) is 6.18 Å². The van der Waals surface area contributed by atoms with E-state index >= 15 is 0 Å². The fraction of sp³-hybridized carbons (Fsp3) is 0.0833. The van der Waals surface area contributed by atoms with Crippen LogP contribution >= 0.6 is 34.2 Å². The second kappa shape index (κ2) is 5.05. The molecule has 2 rings (SSSR count). The van der Waals surface area contributed by atoms with E-state index in [0.717, 1.165) is 12.1 Å². The van der Waals surface area contributed by atoms with Crippen molar-refractivity contribution in [1.82, 2.24) is 4.98 Å². The van der Waals surface area contributed by atoms with Gasteiger partial charge in [-0.2, -0.15) is 13.2 Å². The molecular weight excluding hydrogens is 377 g/mol. The first-order valence-corrected chi connectivity index (χ1v) is 6.32. The predicted molar refractivity (Wildman–Crippen MR) is 72.4 cm³/mol. The maximum atomic E-state index is 12.7. The SMILES string of the molecule is FC(F)(F)c1cc(I)nc(-c2ccc(Cl)cc2)c1. The van der Waals surface area contributed by atoms with E-state index in [1.165, 1.54) is 0 Å². The minimum atomic E-state index is -4.37. The Balaban J connectivity index is 2.52. The van der Waals surface area contributed by atoms with Gasteiger partial charge in [-0.25, -0.2) is 4.98 Å². The van der Waals surface area contributed by atoms with Crippen LogP contribution in [0.3, 0.4) is 0 Å². The highest BCUT2D eigenvalue weighted by Gasteiger charge is 2.31. The molecule has 0 unspecified atom stereocenters. The lowest BCUT2D eigenvalue weighted by Crippen LogP contribution is -2.06. The van der Waals surface area contributed by atoms with Gasteiger partial charge in [0.05, 0.1) is 11.3 Å². The third-order valence-corrected chi connectivity index (χ3v) is 3.07. The lowest BCUT2D eigenvalue weighted by atomic mass is 10.1. The number of nitrogens with zero attached hydrogens (tertiary/aromatic N) is 1. The van der Waals surface area contributed by atoms with E-state index in [0.29, 0.717) is 14.3 Å². The van der Waals surface area contributed by atoms with Gasteiger partial charge in [-0.15, -0.1) is 0 Å². The molecule has 1 nitrogen and oxygen atoms in total. The molecule has 0 amide bonds. The van der Waals surface area contributed by atoms with Crippen molar-refractivity contribution >= 4 is 34.2 Å². The summed E-state index contributed by atoms with van der Waals surface area (Å²) in [5.74, 6) is 0. The summed E-state index contributed by atoms with van der Waals surface area (Å²) in [7, 11) is 0. The number of hydrogen-bond donors (Lipinski definition) is 0. The number of halogens is 5. The molecule has 0 spiro atoms. The molecule has 1 heterocycles. The minimum absolute atomic E-state index is 0.283. The molecule has 0 radical (unpaired) electrons. The monoisotopic (exact) mass is 383 g/mol. The van der Waals surface area contributed by atoms with E-state index in [1.807, 2.05) is 0 Å². The van der Waals surface area contributed by atoms with Crippen LogP contribution < -0.4 is 0 Å². The Morgan fingerprint density at radius 1 is 1.06 bits per heavy atom. The van der Waals surface area contributed by atoms with E-state index in [9.17, 15) is 13.2 Å². The molecule has 0 saturated carbocycles. The highest BCUT2D eigenvalue weighted by molar-refractivity contribution is 14.1. The van der Waals surface area contributed by atoms with Gasteiger partial charge in [0.25, 0.3) is 0 Å². The summed E-state index contributed by atoms with van der Waals surface area (Å²) in [6.45, 7) is 0. The Morgan fingerprint density at radius 2 is 1.67 bits per heavy atom. The fourth-order valence-corrected chi connectivity index (χ4v) is 2.15. The average Bonchev–Trinajstić information content (AvgIpc) is 2.28. The zero-order valence-corrected chi connectivity index (χ0v) is 11.7. The summed E-state index contributed by atoms with van der Waals surface area (Å²) >= 11 is 7.50. The number of hydrogen-bond acceptors (Lipinski definition) is 1. The second-order valence-corrected chi connectivity index (χ2v) is 5.11. The van der Waals surface area contributed by atoms with Crippen molar-refractivity contribution < 1.29 is 13.2 Å². The van der Waals surface area contributed by atoms with Crippen LogP contribution in [0.5, 0.6) is 0 Å². The predicted octanol–water partition coefficient (Wildman–Crippen LogP) is 5.03. The van der Waals surface area contributed by atoms with Gasteiger partial charge >= 0.3 is 6.18 Å². The Labute approximate surface area is 120 Å².